The number of hydrogen-bond donors (Lipinski definition) is 0. The predicted molar refractivity (Wildman–Crippen MR) is 88.6 cm³/mol. The standard InChI is InChI=1S/C18H10BrNO/c19-12-9-10-16-18-17(12)11-5-1-2-6-13(11)20(18)14-7-3-4-8-15(14)21-16/h1-10H. The van der Waals surface area contributed by atoms with Crippen LogP contribution in [0.1, 0.15) is 0 Å². The molecule has 2 nitrogen and oxygen atoms in total. The monoisotopic (exact) mass is 335 g/mol. The third kappa shape index (κ3) is 1.37. The largest absolute Gasteiger partial charge is 0.453 e. The van der Waals surface area contributed by atoms with Crippen LogP contribution in [0.4, 0.5) is 0 Å². The highest BCUT2D eigenvalue weighted by Crippen LogP contribution is 2.47. The molecule has 0 aliphatic carbocycles. The molecule has 21 heavy (non-hydrogen) atoms. The molecule has 4 aromatic rings. The first-order valence-electron chi connectivity index (χ1n) is 6.83. The van der Waals surface area contributed by atoms with Gasteiger partial charge in [0.2, 0.25) is 0 Å². The molecule has 3 heteroatoms. The Morgan fingerprint density at radius 2 is 1.62 bits per heavy atom. The van der Waals surface area contributed by atoms with Crippen LogP contribution >= 0.6 is 15.9 Å². The Kier molecular flexibility index (Phi) is 2.11. The van der Waals surface area contributed by atoms with Crippen LogP contribution in [0.2, 0.25) is 0 Å². The topological polar surface area (TPSA) is 14.2 Å². The quantitative estimate of drug-likeness (QED) is 0.356. The number of halogens is 1. The molecule has 0 fully saturated rings. The second-order valence-corrected chi connectivity index (χ2v) is 6.05. The average Bonchev–Trinajstić information content (AvgIpc) is 2.88. The van der Waals surface area contributed by atoms with Crippen molar-refractivity contribution in [1.82, 2.24) is 4.57 Å². The Morgan fingerprint density at radius 3 is 2.57 bits per heavy atom. The van der Waals surface area contributed by atoms with Gasteiger partial charge >= 0.3 is 0 Å². The van der Waals surface area contributed by atoms with Gasteiger partial charge in [-0.1, -0.05) is 46.3 Å². The van der Waals surface area contributed by atoms with E-state index in [1.807, 2.05) is 24.3 Å². The van der Waals surface area contributed by atoms with E-state index in [0.29, 0.717) is 0 Å². The van der Waals surface area contributed by atoms with Crippen LogP contribution in [-0.2, 0) is 0 Å². The lowest BCUT2D eigenvalue weighted by molar-refractivity contribution is 0.476. The SMILES string of the molecule is Brc1ccc2c3c1c1ccccc1n3-c1ccccc1O2. The number of rotatable bonds is 0. The van der Waals surface area contributed by atoms with E-state index in [0.717, 1.165) is 27.2 Å². The van der Waals surface area contributed by atoms with Gasteiger partial charge in [0.25, 0.3) is 0 Å². The minimum Gasteiger partial charge on any atom is -0.453 e. The first-order valence-corrected chi connectivity index (χ1v) is 7.63. The summed E-state index contributed by atoms with van der Waals surface area (Å²) in [4.78, 5) is 0. The van der Waals surface area contributed by atoms with Crippen LogP contribution < -0.4 is 4.74 Å². The number of aromatic nitrogens is 1. The van der Waals surface area contributed by atoms with Crippen LogP contribution in [0.15, 0.2) is 65.1 Å². The van der Waals surface area contributed by atoms with Crippen LogP contribution in [0.5, 0.6) is 11.5 Å². The van der Waals surface area contributed by atoms with E-state index < -0.39 is 0 Å². The van der Waals surface area contributed by atoms with E-state index in [9.17, 15) is 0 Å². The lowest BCUT2D eigenvalue weighted by Gasteiger charge is -2.20. The summed E-state index contributed by atoms with van der Waals surface area (Å²) in [7, 11) is 0. The van der Waals surface area contributed by atoms with Gasteiger partial charge < -0.3 is 9.30 Å². The lowest BCUT2D eigenvalue weighted by atomic mass is 10.1. The van der Waals surface area contributed by atoms with Gasteiger partial charge in [-0.05, 0) is 30.3 Å². The molecule has 100 valence electrons. The van der Waals surface area contributed by atoms with Gasteiger partial charge in [-0.3, -0.25) is 0 Å². The van der Waals surface area contributed by atoms with E-state index in [2.05, 4.69) is 56.9 Å². The molecule has 0 unspecified atom stereocenters. The number of benzene rings is 3. The molecule has 1 aliphatic heterocycles. The predicted octanol–water partition coefficient (Wildman–Crippen LogP) is 5.65. The molecule has 0 spiro atoms. The molecule has 0 bridgehead atoms. The fraction of sp³-hybridized carbons (Fsp3) is 0. The minimum absolute atomic E-state index is 0.898. The summed E-state index contributed by atoms with van der Waals surface area (Å²) in [6.07, 6.45) is 0. The fourth-order valence-corrected chi connectivity index (χ4v) is 3.74. The highest BCUT2D eigenvalue weighted by Gasteiger charge is 2.24. The maximum Gasteiger partial charge on any atom is 0.152 e. The van der Waals surface area contributed by atoms with Crippen molar-refractivity contribution in [1.29, 1.82) is 0 Å². The molecule has 5 rings (SSSR count). The van der Waals surface area contributed by atoms with Crippen molar-refractivity contribution in [3.05, 3.63) is 65.1 Å². The zero-order valence-corrected chi connectivity index (χ0v) is 12.6. The Balaban J connectivity index is 2.13. The van der Waals surface area contributed by atoms with Crippen molar-refractivity contribution in [3.63, 3.8) is 0 Å². The molecule has 1 aromatic heterocycles. The van der Waals surface area contributed by atoms with Crippen molar-refractivity contribution in [3.8, 4) is 17.2 Å². The maximum absolute atomic E-state index is 6.09. The summed E-state index contributed by atoms with van der Waals surface area (Å²) in [5.74, 6) is 1.80. The number of fused-ring (bicyclic) bond motifs is 5. The molecule has 0 saturated heterocycles. The second kappa shape index (κ2) is 3.89. The normalized spacial score (nSPS) is 12.4. The van der Waals surface area contributed by atoms with Gasteiger partial charge in [-0.25, -0.2) is 0 Å². The average molecular weight is 336 g/mol. The van der Waals surface area contributed by atoms with Crippen LogP contribution in [0.3, 0.4) is 0 Å². The van der Waals surface area contributed by atoms with Gasteiger partial charge in [0.05, 0.1) is 16.7 Å². The summed E-state index contributed by atoms with van der Waals surface area (Å²) >= 11 is 3.69. The Morgan fingerprint density at radius 1 is 0.810 bits per heavy atom. The fourth-order valence-electron chi connectivity index (χ4n) is 3.21. The Labute approximate surface area is 129 Å². The van der Waals surface area contributed by atoms with Crippen LogP contribution in [-0.4, -0.2) is 4.57 Å². The second-order valence-electron chi connectivity index (χ2n) is 5.19. The maximum atomic E-state index is 6.09. The molecule has 1 aliphatic rings. The van der Waals surface area contributed by atoms with E-state index in [1.165, 1.54) is 16.3 Å². The Bertz CT molecular complexity index is 1030. The third-order valence-electron chi connectivity index (χ3n) is 4.05. The van der Waals surface area contributed by atoms with Crippen LogP contribution in [0, 0.1) is 0 Å². The zero-order valence-electron chi connectivity index (χ0n) is 11.0. The smallest absolute Gasteiger partial charge is 0.152 e. The van der Waals surface area contributed by atoms with Gasteiger partial charge in [-0.15, -0.1) is 0 Å². The van der Waals surface area contributed by atoms with Gasteiger partial charge in [0.1, 0.15) is 0 Å². The molecule has 0 atom stereocenters. The van der Waals surface area contributed by atoms with Gasteiger partial charge in [0, 0.05) is 15.2 Å². The van der Waals surface area contributed by atoms with Crippen LogP contribution in [0.25, 0.3) is 27.5 Å². The first kappa shape index (κ1) is 11.4. The zero-order chi connectivity index (χ0) is 14.0. The van der Waals surface area contributed by atoms with E-state index >= 15 is 0 Å². The lowest BCUT2D eigenvalue weighted by Crippen LogP contribution is -2.03. The molecule has 3 aromatic carbocycles. The van der Waals surface area contributed by atoms with Crippen molar-refractivity contribution in [2.24, 2.45) is 0 Å². The van der Waals surface area contributed by atoms with Gasteiger partial charge in [0.15, 0.2) is 11.5 Å². The summed E-state index contributed by atoms with van der Waals surface area (Å²) in [5, 5.41) is 2.44. The number of para-hydroxylation sites is 3. The molecule has 2 heterocycles. The molecular weight excluding hydrogens is 326 g/mol. The number of hydrogen-bond acceptors (Lipinski definition) is 1. The van der Waals surface area contributed by atoms with E-state index in [-0.39, 0.29) is 0 Å². The third-order valence-corrected chi connectivity index (χ3v) is 4.71. The molecule has 0 radical (unpaired) electrons. The number of nitrogens with zero attached hydrogens (tertiary/aromatic N) is 1. The summed E-state index contributed by atoms with van der Waals surface area (Å²) in [5.41, 5.74) is 3.43. The van der Waals surface area contributed by atoms with Crippen molar-refractivity contribution >= 4 is 37.7 Å². The van der Waals surface area contributed by atoms with Crippen molar-refractivity contribution < 1.29 is 4.74 Å². The summed E-state index contributed by atoms with van der Waals surface area (Å²) < 4.78 is 9.48. The van der Waals surface area contributed by atoms with E-state index in [1.54, 1.807) is 0 Å². The summed E-state index contributed by atoms with van der Waals surface area (Å²) in [6, 6.07) is 20.7. The molecule has 0 saturated carbocycles. The molecule has 0 N–H and O–H groups in total. The summed E-state index contributed by atoms with van der Waals surface area (Å²) in [6.45, 7) is 0. The molecule has 0 amide bonds. The highest BCUT2D eigenvalue weighted by molar-refractivity contribution is 9.10. The van der Waals surface area contributed by atoms with Crippen molar-refractivity contribution in [2.75, 3.05) is 0 Å². The van der Waals surface area contributed by atoms with Gasteiger partial charge in [-0.2, -0.15) is 0 Å². The number of ether oxygens (including phenoxy) is 1. The Hall–Kier alpha value is -2.26. The van der Waals surface area contributed by atoms with E-state index in [4.69, 9.17) is 4.74 Å². The van der Waals surface area contributed by atoms with Crippen molar-refractivity contribution in [2.45, 2.75) is 0 Å². The molecular formula is C18H10BrNO. The highest BCUT2D eigenvalue weighted by atomic mass is 79.9. The minimum atomic E-state index is 0.898. The first-order chi connectivity index (χ1) is 10.3.